The highest BCUT2D eigenvalue weighted by Crippen LogP contribution is 2.49. The van der Waals surface area contributed by atoms with Gasteiger partial charge in [-0.2, -0.15) is 0 Å². The number of anilines is 3. The van der Waals surface area contributed by atoms with Gasteiger partial charge in [0.1, 0.15) is 11.2 Å². The van der Waals surface area contributed by atoms with Crippen molar-refractivity contribution in [1.82, 2.24) is 0 Å². The minimum Gasteiger partial charge on any atom is -0.455 e. The summed E-state index contributed by atoms with van der Waals surface area (Å²) in [5.41, 5.74) is 9.77. The summed E-state index contributed by atoms with van der Waals surface area (Å²) < 4.78 is 9.47. The second-order valence-corrected chi connectivity index (χ2v) is 15.9. The number of nitrogens with zero attached hydrogens (tertiary/aromatic N) is 1. The van der Waals surface area contributed by atoms with Gasteiger partial charge in [0.15, 0.2) is 0 Å². The molecule has 12 aromatic rings. The average Bonchev–Trinajstić information content (AvgIpc) is 3.86. The Hall–Kier alpha value is -7.20. The van der Waals surface area contributed by atoms with Gasteiger partial charge in [0.25, 0.3) is 0 Å². The first-order valence-electron chi connectivity index (χ1n) is 19.4. The van der Waals surface area contributed by atoms with Crippen molar-refractivity contribution in [3.05, 3.63) is 200 Å². The molecule has 2 heterocycles. The molecule has 12 rings (SSSR count). The lowest BCUT2D eigenvalue weighted by Gasteiger charge is -2.27. The van der Waals surface area contributed by atoms with Crippen molar-refractivity contribution in [3.8, 4) is 22.3 Å². The maximum absolute atomic E-state index is 6.91. The highest BCUT2D eigenvalue weighted by molar-refractivity contribution is 7.26. The van der Waals surface area contributed by atoms with E-state index in [4.69, 9.17) is 4.42 Å². The first-order chi connectivity index (χ1) is 28.3. The molecular weight excluding hydrogens is 711 g/mol. The van der Waals surface area contributed by atoms with Crippen molar-refractivity contribution < 1.29 is 4.42 Å². The topological polar surface area (TPSA) is 16.4 Å². The molecule has 0 amide bonds. The summed E-state index contributed by atoms with van der Waals surface area (Å²) in [6, 6.07) is 72.7. The molecule has 0 unspecified atom stereocenters. The highest BCUT2D eigenvalue weighted by Gasteiger charge is 2.24. The Morgan fingerprint density at radius 2 is 1.02 bits per heavy atom. The van der Waals surface area contributed by atoms with Gasteiger partial charge in [-0.3, -0.25) is 0 Å². The number of rotatable bonds is 5. The Labute approximate surface area is 333 Å². The Balaban J connectivity index is 1.14. The Bertz CT molecular complexity index is 3530. The van der Waals surface area contributed by atoms with Crippen LogP contribution in [0, 0.1) is 0 Å². The molecule has 57 heavy (non-hydrogen) atoms. The SMILES string of the molecule is c1ccc(-c2cccc3c2sc2cc(N(c4ccc5c(ccc6ccccc65)c4)c4ccc(-c5cccc6ccccc56)c5oc6ccccc6c45)ccc23)cc1. The molecule has 2 nitrogen and oxygen atoms in total. The van der Waals surface area contributed by atoms with Crippen molar-refractivity contribution in [2.24, 2.45) is 0 Å². The van der Waals surface area contributed by atoms with Gasteiger partial charge in [-0.1, -0.05) is 158 Å². The standard InChI is InChI=1S/C54H33NOS/c1-2-12-35(13-3-1)43-20-11-22-47-45-29-27-39(33-51(45)57-54(43)47)55(38-26-28-42-37(32-38)25-24-36-15-5-6-17-40(36)42)49-31-30-46(44-21-10-16-34-14-4-7-18-41(34)44)53-52(49)48-19-8-9-23-50(48)56-53/h1-33H. The number of benzene rings is 10. The quantitative estimate of drug-likeness (QED) is 0.163. The molecule has 0 fully saturated rings. The maximum Gasteiger partial charge on any atom is 0.145 e. The fraction of sp³-hybridized carbons (Fsp3) is 0. The summed E-state index contributed by atoms with van der Waals surface area (Å²) in [6.45, 7) is 0. The summed E-state index contributed by atoms with van der Waals surface area (Å²) in [5.74, 6) is 0. The van der Waals surface area contributed by atoms with Crippen molar-refractivity contribution >= 4 is 103 Å². The van der Waals surface area contributed by atoms with Crippen molar-refractivity contribution in [2.45, 2.75) is 0 Å². The summed E-state index contributed by atoms with van der Waals surface area (Å²) in [7, 11) is 0. The van der Waals surface area contributed by atoms with Gasteiger partial charge in [0, 0.05) is 42.5 Å². The van der Waals surface area contributed by atoms with Crippen LogP contribution in [0.4, 0.5) is 17.1 Å². The van der Waals surface area contributed by atoms with E-state index in [0.717, 1.165) is 50.1 Å². The fourth-order valence-corrected chi connectivity index (χ4v) is 10.3. The zero-order valence-corrected chi connectivity index (χ0v) is 31.6. The summed E-state index contributed by atoms with van der Waals surface area (Å²) in [6.07, 6.45) is 0. The number of furan rings is 1. The van der Waals surface area contributed by atoms with Crippen LogP contribution in [-0.4, -0.2) is 0 Å². The highest BCUT2D eigenvalue weighted by atomic mass is 32.1. The van der Waals surface area contributed by atoms with E-state index in [0.29, 0.717) is 0 Å². The zero-order valence-electron chi connectivity index (χ0n) is 30.8. The Kier molecular flexibility index (Phi) is 7.13. The van der Waals surface area contributed by atoms with E-state index >= 15 is 0 Å². The summed E-state index contributed by atoms with van der Waals surface area (Å²) in [4.78, 5) is 2.44. The molecule has 0 atom stereocenters. The predicted octanol–water partition coefficient (Wildman–Crippen LogP) is 16.2. The molecule has 0 saturated carbocycles. The second-order valence-electron chi connectivity index (χ2n) is 14.8. The molecular formula is C54H33NOS. The minimum absolute atomic E-state index is 0.875. The van der Waals surface area contributed by atoms with Crippen LogP contribution in [0.15, 0.2) is 205 Å². The van der Waals surface area contributed by atoms with Crippen LogP contribution in [0.2, 0.25) is 0 Å². The third kappa shape index (κ3) is 5.03. The van der Waals surface area contributed by atoms with Crippen LogP contribution in [-0.2, 0) is 0 Å². The molecule has 10 aromatic carbocycles. The summed E-state index contributed by atoms with van der Waals surface area (Å²) in [5, 5.41) is 12.1. The lowest BCUT2D eigenvalue weighted by atomic mass is 9.95. The van der Waals surface area contributed by atoms with Crippen LogP contribution in [0.5, 0.6) is 0 Å². The van der Waals surface area contributed by atoms with Crippen LogP contribution in [0.1, 0.15) is 0 Å². The molecule has 0 bridgehead atoms. The van der Waals surface area contributed by atoms with Gasteiger partial charge in [0.2, 0.25) is 0 Å². The van der Waals surface area contributed by atoms with Gasteiger partial charge in [-0.05, 0) is 91.5 Å². The lowest BCUT2D eigenvalue weighted by molar-refractivity contribution is 0.670. The third-order valence-electron chi connectivity index (χ3n) is 11.6. The van der Waals surface area contributed by atoms with Gasteiger partial charge in [-0.25, -0.2) is 0 Å². The molecule has 2 aromatic heterocycles. The van der Waals surface area contributed by atoms with E-state index in [1.807, 2.05) is 11.3 Å². The van der Waals surface area contributed by atoms with Crippen LogP contribution >= 0.6 is 11.3 Å². The van der Waals surface area contributed by atoms with Crippen molar-refractivity contribution in [1.29, 1.82) is 0 Å². The normalized spacial score (nSPS) is 11.9. The smallest absolute Gasteiger partial charge is 0.145 e. The van der Waals surface area contributed by atoms with Gasteiger partial charge >= 0.3 is 0 Å². The monoisotopic (exact) mass is 743 g/mol. The maximum atomic E-state index is 6.91. The summed E-state index contributed by atoms with van der Waals surface area (Å²) >= 11 is 1.87. The van der Waals surface area contributed by atoms with Crippen molar-refractivity contribution in [2.75, 3.05) is 4.90 Å². The fourth-order valence-electron chi connectivity index (χ4n) is 9.01. The lowest BCUT2D eigenvalue weighted by Crippen LogP contribution is -2.10. The zero-order chi connectivity index (χ0) is 37.5. The number of fused-ring (bicyclic) bond motifs is 10. The van der Waals surface area contributed by atoms with Crippen molar-refractivity contribution in [3.63, 3.8) is 0 Å². The number of para-hydroxylation sites is 1. The molecule has 0 saturated heterocycles. The van der Waals surface area contributed by atoms with Gasteiger partial charge in [-0.15, -0.1) is 11.3 Å². The molecule has 0 radical (unpaired) electrons. The third-order valence-corrected chi connectivity index (χ3v) is 12.8. The van der Waals surface area contributed by atoms with Crippen LogP contribution < -0.4 is 4.90 Å². The molecule has 0 N–H and O–H groups in total. The van der Waals surface area contributed by atoms with E-state index < -0.39 is 0 Å². The first-order valence-corrected chi connectivity index (χ1v) is 20.2. The molecule has 0 aliphatic heterocycles. The minimum atomic E-state index is 0.875. The van der Waals surface area contributed by atoms with E-state index in [-0.39, 0.29) is 0 Å². The molecule has 0 spiro atoms. The molecule has 3 heteroatoms. The largest absolute Gasteiger partial charge is 0.455 e. The predicted molar refractivity (Wildman–Crippen MR) is 245 cm³/mol. The average molecular weight is 744 g/mol. The molecule has 0 aliphatic rings. The number of thiophene rings is 1. The van der Waals surface area contributed by atoms with E-state index in [1.165, 1.54) is 63.6 Å². The van der Waals surface area contributed by atoms with E-state index in [9.17, 15) is 0 Å². The van der Waals surface area contributed by atoms with Crippen LogP contribution in [0.25, 0.3) is 96.7 Å². The van der Waals surface area contributed by atoms with Crippen LogP contribution in [0.3, 0.4) is 0 Å². The number of hydrogen-bond donors (Lipinski definition) is 0. The van der Waals surface area contributed by atoms with Gasteiger partial charge in [0.05, 0.1) is 11.1 Å². The first kappa shape index (κ1) is 32.1. The van der Waals surface area contributed by atoms with E-state index in [1.54, 1.807) is 0 Å². The Morgan fingerprint density at radius 3 is 1.89 bits per heavy atom. The van der Waals surface area contributed by atoms with Gasteiger partial charge < -0.3 is 9.32 Å². The number of hydrogen-bond acceptors (Lipinski definition) is 3. The molecule has 266 valence electrons. The second kappa shape index (κ2) is 12.7. The Morgan fingerprint density at radius 1 is 0.386 bits per heavy atom. The molecule has 0 aliphatic carbocycles. The van der Waals surface area contributed by atoms with E-state index in [2.05, 4.69) is 205 Å².